The van der Waals surface area contributed by atoms with Crippen molar-refractivity contribution in [3.63, 3.8) is 0 Å². The molecule has 0 spiro atoms. The number of nitrogens with one attached hydrogen (secondary N) is 2. The smallest absolute Gasteiger partial charge is 0.226 e. The zero-order valence-corrected chi connectivity index (χ0v) is 10.9. The molecule has 0 saturated carbocycles. The molecular weight excluding hydrogens is 216 g/mol. The van der Waals surface area contributed by atoms with E-state index in [1.807, 2.05) is 19.9 Å². The van der Waals surface area contributed by atoms with E-state index in [1.54, 1.807) is 0 Å². The van der Waals surface area contributed by atoms with Crippen molar-refractivity contribution in [1.82, 2.24) is 15.3 Å². The molecule has 1 aromatic rings. The Morgan fingerprint density at radius 2 is 2.06 bits per heavy atom. The molecule has 2 N–H and O–H groups in total. The standard InChI is InChI=1S/C12H22N4O/c1-4-13-7-6-8-14-12-15-10(3)9-11(16-12)17-5-2/h9,13H,4-8H2,1-3H3,(H,14,15,16). The number of aromatic nitrogens is 2. The zero-order valence-electron chi connectivity index (χ0n) is 10.9. The SMILES string of the molecule is CCNCCCNc1nc(C)cc(OCC)n1. The topological polar surface area (TPSA) is 59.1 Å². The van der Waals surface area contributed by atoms with Crippen molar-refractivity contribution in [2.75, 3.05) is 31.6 Å². The summed E-state index contributed by atoms with van der Waals surface area (Å²) < 4.78 is 5.37. The lowest BCUT2D eigenvalue weighted by molar-refractivity contribution is 0.326. The molecule has 17 heavy (non-hydrogen) atoms. The van der Waals surface area contributed by atoms with E-state index in [2.05, 4.69) is 27.5 Å². The Morgan fingerprint density at radius 3 is 2.76 bits per heavy atom. The van der Waals surface area contributed by atoms with Gasteiger partial charge in [-0.05, 0) is 33.4 Å². The molecule has 0 aliphatic heterocycles. The van der Waals surface area contributed by atoms with E-state index >= 15 is 0 Å². The van der Waals surface area contributed by atoms with E-state index in [-0.39, 0.29) is 0 Å². The first-order valence-electron chi connectivity index (χ1n) is 6.19. The van der Waals surface area contributed by atoms with Gasteiger partial charge in [0.25, 0.3) is 0 Å². The summed E-state index contributed by atoms with van der Waals surface area (Å²) in [5, 5.41) is 6.47. The molecule has 0 atom stereocenters. The van der Waals surface area contributed by atoms with Crippen LogP contribution in [0.2, 0.25) is 0 Å². The third-order valence-corrected chi connectivity index (χ3v) is 2.19. The van der Waals surface area contributed by atoms with Gasteiger partial charge in [0.2, 0.25) is 11.8 Å². The molecule has 0 radical (unpaired) electrons. The molecule has 0 amide bonds. The number of ether oxygens (including phenoxy) is 1. The highest BCUT2D eigenvalue weighted by Crippen LogP contribution is 2.11. The Kier molecular flexibility index (Phi) is 6.32. The monoisotopic (exact) mass is 238 g/mol. The number of aryl methyl sites for hydroxylation is 1. The molecule has 0 aromatic carbocycles. The molecule has 0 saturated heterocycles. The first-order chi connectivity index (χ1) is 8.26. The Labute approximate surface area is 103 Å². The normalized spacial score (nSPS) is 10.3. The van der Waals surface area contributed by atoms with Crippen LogP contribution in [0.5, 0.6) is 5.88 Å². The quantitative estimate of drug-likeness (QED) is 0.674. The van der Waals surface area contributed by atoms with Gasteiger partial charge in [-0.3, -0.25) is 0 Å². The summed E-state index contributed by atoms with van der Waals surface area (Å²) in [4.78, 5) is 8.59. The average Bonchev–Trinajstić information content (AvgIpc) is 2.28. The fraction of sp³-hybridized carbons (Fsp3) is 0.667. The summed E-state index contributed by atoms with van der Waals surface area (Å²) >= 11 is 0. The Balaban J connectivity index is 2.41. The van der Waals surface area contributed by atoms with Crippen LogP contribution in [-0.2, 0) is 0 Å². The summed E-state index contributed by atoms with van der Waals surface area (Å²) in [5.74, 6) is 1.28. The van der Waals surface area contributed by atoms with Gasteiger partial charge in [-0.2, -0.15) is 4.98 Å². The van der Waals surface area contributed by atoms with Gasteiger partial charge in [0.1, 0.15) is 0 Å². The summed E-state index contributed by atoms with van der Waals surface area (Å²) in [7, 11) is 0. The predicted octanol–water partition coefficient (Wildman–Crippen LogP) is 1.60. The zero-order chi connectivity index (χ0) is 12.5. The summed E-state index contributed by atoms with van der Waals surface area (Å²) in [6, 6.07) is 1.84. The third-order valence-electron chi connectivity index (χ3n) is 2.19. The van der Waals surface area contributed by atoms with Crippen LogP contribution in [-0.4, -0.2) is 36.2 Å². The Bertz CT molecular complexity index is 330. The lowest BCUT2D eigenvalue weighted by Gasteiger charge is -2.08. The van der Waals surface area contributed by atoms with Gasteiger partial charge in [0, 0.05) is 18.3 Å². The number of hydrogen-bond acceptors (Lipinski definition) is 5. The van der Waals surface area contributed by atoms with E-state index in [4.69, 9.17) is 4.74 Å². The van der Waals surface area contributed by atoms with Gasteiger partial charge in [-0.25, -0.2) is 4.98 Å². The van der Waals surface area contributed by atoms with E-state index in [0.29, 0.717) is 18.4 Å². The highest BCUT2D eigenvalue weighted by atomic mass is 16.5. The average molecular weight is 238 g/mol. The lowest BCUT2D eigenvalue weighted by atomic mass is 10.4. The fourth-order valence-electron chi connectivity index (χ4n) is 1.43. The minimum absolute atomic E-state index is 0.621. The fourth-order valence-corrected chi connectivity index (χ4v) is 1.43. The number of nitrogens with zero attached hydrogens (tertiary/aromatic N) is 2. The summed E-state index contributed by atoms with van der Waals surface area (Å²) in [6.45, 7) is 9.49. The molecule has 0 aliphatic carbocycles. The van der Waals surface area contributed by atoms with E-state index < -0.39 is 0 Å². The first kappa shape index (κ1) is 13.7. The largest absolute Gasteiger partial charge is 0.478 e. The lowest BCUT2D eigenvalue weighted by Crippen LogP contribution is -2.17. The predicted molar refractivity (Wildman–Crippen MR) is 69.6 cm³/mol. The summed E-state index contributed by atoms with van der Waals surface area (Å²) in [6.07, 6.45) is 1.05. The maximum atomic E-state index is 5.37. The van der Waals surface area contributed by atoms with Crippen molar-refractivity contribution in [3.05, 3.63) is 11.8 Å². The maximum absolute atomic E-state index is 5.37. The van der Waals surface area contributed by atoms with Crippen molar-refractivity contribution < 1.29 is 4.74 Å². The van der Waals surface area contributed by atoms with Gasteiger partial charge in [0.05, 0.1) is 6.61 Å². The van der Waals surface area contributed by atoms with Crippen LogP contribution in [0.25, 0.3) is 0 Å². The van der Waals surface area contributed by atoms with E-state index in [1.165, 1.54) is 0 Å². The second kappa shape index (κ2) is 7.84. The van der Waals surface area contributed by atoms with Crippen molar-refractivity contribution in [3.8, 4) is 5.88 Å². The minimum Gasteiger partial charge on any atom is -0.478 e. The van der Waals surface area contributed by atoms with Crippen LogP contribution in [0.4, 0.5) is 5.95 Å². The van der Waals surface area contributed by atoms with Crippen LogP contribution in [0.15, 0.2) is 6.07 Å². The van der Waals surface area contributed by atoms with Gasteiger partial charge in [0.15, 0.2) is 0 Å². The molecule has 1 rings (SSSR count). The Hall–Kier alpha value is -1.36. The van der Waals surface area contributed by atoms with E-state index in [0.717, 1.165) is 31.7 Å². The molecule has 0 bridgehead atoms. The number of anilines is 1. The van der Waals surface area contributed by atoms with Gasteiger partial charge in [-0.15, -0.1) is 0 Å². The van der Waals surface area contributed by atoms with Gasteiger partial charge < -0.3 is 15.4 Å². The van der Waals surface area contributed by atoms with Crippen LogP contribution >= 0.6 is 0 Å². The second-order valence-corrected chi connectivity index (χ2v) is 3.74. The Morgan fingerprint density at radius 1 is 1.24 bits per heavy atom. The number of hydrogen-bond donors (Lipinski definition) is 2. The van der Waals surface area contributed by atoms with Crippen LogP contribution in [0.3, 0.4) is 0 Å². The van der Waals surface area contributed by atoms with Gasteiger partial charge >= 0.3 is 0 Å². The molecule has 0 unspecified atom stereocenters. The molecule has 5 nitrogen and oxygen atoms in total. The van der Waals surface area contributed by atoms with Crippen molar-refractivity contribution in [2.24, 2.45) is 0 Å². The summed E-state index contributed by atoms with van der Waals surface area (Å²) in [5.41, 5.74) is 0.914. The second-order valence-electron chi connectivity index (χ2n) is 3.74. The third kappa shape index (κ3) is 5.49. The van der Waals surface area contributed by atoms with Crippen molar-refractivity contribution in [2.45, 2.75) is 27.2 Å². The van der Waals surface area contributed by atoms with Crippen molar-refractivity contribution >= 4 is 5.95 Å². The first-order valence-corrected chi connectivity index (χ1v) is 6.19. The van der Waals surface area contributed by atoms with Crippen LogP contribution in [0.1, 0.15) is 26.0 Å². The molecule has 0 fully saturated rings. The number of rotatable bonds is 8. The molecule has 5 heteroatoms. The molecular formula is C12H22N4O. The highest BCUT2D eigenvalue weighted by Gasteiger charge is 2.01. The minimum atomic E-state index is 0.621. The van der Waals surface area contributed by atoms with Crippen LogP contribution < -0.4 is 15.4 Å². The highest BCUT2D eigenvalue weighted by molar-refractivity contribution is 5.30. The van der Waals surface area contributed by atoms with E-state index in [9.17, 15) is 0 Å². The molecule has 1 aromatic heterocycles. The van der Waals surface area contributed by atoms with Gasteiger partial charge in [-0.1, -0.05) is 6.92 Å². The van der Waals surface area contributed by atoms with Crippen LogP contribution in [0, 0.1) is 6.92 Å². The molecule has 1 heterocycles. The van der Waals surface area contributed by atoms with Crippen molar-refractivity contribution in [1.29, 1.82) is 0 Å². The maximum Gasteiger partial charge on any atom is 0.226 e. The molecule has 96 valence electrons. The molecule has 0 aliphatic rings.